The first kappa shape index (κ1) is 15.4. The first-order valence-electron chi connectivity index (χ1n) is 7.56. The fraction of sp³-hybridized carbons (Fsp3) is 0.375. The summed E-state index contributed by atoms with van der Waals surface area (Å²) < 4.78 is 1.74. The highest BCUT2D eigenvalue weighted by molar-refractivity contribution is 6.20. The first-order chi connectivity index (χ1) is 11.1. The van der Waals surface area contributed by atoms with Gasteiger partial charge in [-0.15, -0.1) is 10.2 Å². The van der Waals surface area contributed by atoms with Crippen LogP contribution in [0.15, 0.2) is 30.5 Å². The molecule has 0 fully saturated rings. The van der Waals surface area contributed by atoms with Crippen LogP contribution in [-0.4, -0.2) is 31.9 Å². The second-order valence-corrected chi connectivity index (χ2v) is 5.88. The largest absolute Gasteiger partial charge is 0.285 e. The number of aryl methyl sites for hydroxylation is 1. The molecule has 0 aliphatic carbocycles. The molecule has 3 rings (SSSR count). The number of imide groups is 1. The van der Waals surface area contributed by atoms with E-state index in [9.17, 15) is 9.59 Å². The van der Waals surface area contributed by atoms with Gasteiger partial charge < -0.3 is 0 Å². The van der Waals surface area contributed by atoms with Crippen molar-refractivity contribution in [2.75, 3.05) is 0 Å². The van der Waals surface area contributed by atoms with Gasteiger partial charge in [-0.25, -0.2) is 0 Å². The molecule has 0 atom stereocenters. The summed E-state index contributed by atoms with van der Waals surface area (Å²) in [5.41, 5.74) is 1.29. The summed E-state index contributed by atoms with van der Waals surface area (Å²) in [5, 5.41) is 8.79. The zero-order chi connectivity index (χ0) is 16.4. The van der Waals surface area contributed by atoms with Gasteiger partial charge in [-0.1, -0.05) is 31.2 Å². The van der Waals surface area contributed by atoms with Crippen molar-refractivity contribution in [3.8, 4) is 0 Å². The molecule has 120 valence electrons. The average Bonchev–Trinajstić information content (AvgIpc) is 3.09. The lowest BCUT2D eigenvalue weighted by atomic mass is 10.1. The Hall–Kier alpha value is -2.54. The van der Waals surface area contributed by atoms with E-state index in [1.165, 1.54) is 0 Å². The normalized spacial score (nSPS) is 14.0. The van der Waals surface area contributed by atoms with Crippen molar-refractivity contribution in [2.24, 2.45) is 5.92 Å². The van der Waals surface area contributed by atoms with E-state index in [0.717, 1.165) is 18.0 Å². The van der Waals surface area contributed by atoms with E-state index < -0.39 is 11.8 Å². The number of benzene rings is 1. The Kier molecular flexibility index (Phi) is 4.20. The predicted molar refractivity (Wildman–Crippen MR) is 81.2 cm³/mol. The van der Waals surface area contributed by atoms with Crippen molar-refractivity contribution < 1.29 is 14.4 Å². The first-order valence-corrected chi connectivity index (χ1v) is 7.56. The number of aromatic nitrogens is 3. The molecule has 1 aromatic heterocycles. The van der Waals surface area contributed by atoms with Crippen molar-refractivity contribution >= 4 is 11.8 Å². The third-order valence-corrected chi connectivity index (χ3v) is 3.62. The van der Waals surface area contributed by atoms with Crippen LogP contribution in [0.1, 0.15) is 46.7 Å². The van der Waals surface area contributed by atoms with Crippen molar-refractivity contribution in [3.63, 3.8) is 0 Å². The maximum atomic E-state index is 12.1. The Labute approximate surface area is 133 Å². The topological polar surface area (TPSA) is 77.3 Å². The number of nitrogens with zero attached hydrogens (tertiary/aromatic N) is 4. The number of carbonyl (C=O) groups is 2. The van der Waals surface area contributed by atoms with Gasteiger partial charge in [0.25, 0.3) is 11.8 Å². The average molecular weight is 314 g/mol. The summed E-state index contributed by atoms with van der Waals surface area (Å²) in [6.07, 6.45) is 2.77. The molecule has 0 spiro atoms. The molecule has 0 saturated heterocycles. The van der Waals surface area contributed by atoms with Crippen LogP contribution in [0.5, 0.6) is 0 Å². The van der Waals surface area contributed by atoms with Gasteiger partial charge in [0.05, 0.1) is 17.3 Å². The van der Waals surface area contributed by atoms with Crippen molar-refractivity contribution in [1.29, 1.82) is 0 Å². The molecule has 7 nitrogen and oxygen atoms in total. The predicted octanol–water partition coefficient (Wildman–Crippen LogP) is 2.05. The van der Waals surface area contributed by atoms with Crippen LogP contribution < -0.4 is 0 Å². The minimum absolute atomic E-state index is 0.0210. The molecule has 1 aromatic carbocycles. The van der Waals surface area contributed by atoms with Crippen LogP contribution in [0.3, 0.4) is 0 Å². The maximum Gasteiger partial charge on any atom is 0.285 e. The van der Waals surface area contributed by atoms with Gasteiger partial charge in [-0.3, -0.25) is 19.1 Å². The van der Waals surface area contributed by atoms with E-state index in [4.69, 9.17) is 4.84 Å². The minimum Gasteiger partial charge on any atom is -0.266 e. The zero-order valence-corrected chi connectivity index (χ0v) is 13.1. The lowest BCUT2D eigenvalue weighted by molar-refractivity contribution is -0.102. The molecule has 7 heteroatoms. The molecule has 0 N–H and O–H groups in total. The Bertz CT molecular complexity index is 703. The summed E-state index contributed by atoms with van der Waals surface area (Å²) in [6, 6.07) is 6.66. The highest BCUT2D eigenvalue weighted by Gasteiger charge is 2.36. The molecule has 23 heavy (non-hydrogen) atoms. The lowest BCUT2D eigenvalue weighted by Gasteiger charge is -2.11. The number of amides is 2. The van der Waals surface area contributed by atoms with E-state index in [1.807, 2.05) is 0 Å². The second-order valence-electron chi connectivity index (χ2n) is 5.88. The van der Waals surface area contributed by atoms with Gasteiger partial charge in [0, 0.05) is 6.54 Å². The van der Waals surface area contributed by atoms with Gasteiger partial charge in [-0.2, -0.15) is 0 Å². The summed E-state index contributed by atoms with van der Waals surface area (Å²) in [7, 11) is 0. The summed E-state index contributed by atoms with van der Waals surface area (Å²) in [5.74, 6) is -0.312. The molecule has 2 amide bonds. The highest BCUT2D eigenvalue weighted by atomic mass is 16.7. The number of carbonyl (C=O) groups excluding carboxylic acids is 2. The SMILES string of the molecule is CC(C)CCn1cc(CON2C(=O)c3ccccc3C2=O)nn1. The second kappa shape index (κ2) is 6.29. The van der Waals surface area contributed by atoms with Crippen LogP contribution in [0.4, 0.5) is 0 Å². The van der Waals surface area contributed by atoms with E-state index in [2.05, 4.69) is 24.2 Å². The minimum atomic E-state index is -0.446. The van der Waals surface area contributed by atoms with Gasteiger partial charge in [0.2, 0.25) is 0 Å². The van der Waals surface area contributed by atoms with Crippen LogP contribution in [0.25, 0.3) is 0 Å². The molecular formula is C16H18N4O3. The number of hydrogen-bond donors (Lipinski definition) is 0. The van der Waals surface area contributed by atoms with Gasteiger partial charge in [-0.05, 0) is 24.5 Å². The molecule has 0 bridgehead atoms. The molecule has 0 unspecified atom stereocenters. The number of hydrogen-bond acceptors (Lipinski definition) is 5. The summed E-state index contributed by atoms with van der Waals surface area (Å²) in [6.45, 7) is 5.08. The fourth-order valence-electron chi connectivity index (χ4n) is 2.32. The third kappa shape index (κ3) is 3.14. The molecule has 1 aliphatic heterocycles. The smallest absolute Gasteiger partial charge is 0.266 e. The van der Waals surface area contributed by atoms with Crippen LogP contribution >= 0.6 is 0 Å². The standard InChI is InChI=1S/C16H18N4O3/c1-11(2)7-8-19-9-12(17-18-19)10-23-20-15(21)13-5-3-4-6-14(13)16(20)22/h3-6,9,11H,7-8,10H2,1-2H3. The Morgan fingerprint density at radius 2 is 1.78 bits per heavy atom. The van der Waals surface area contributed by atoms with E-state index in [1.54, 1.807) is 35.1 Å². The molecular weight excluding hydrogens is 296 g/mol. The van der Waals surface area contributed by atoms with Crippen molar-refractivity contribution in [2.45, 2.75) is 33.4 Å². The van der Waals surface area contributed by atoms with E-state index in [0.29, 0.717) is 22.7 Å². The molecule has 0 radical (unpaired) electrons. The summed E-state index contributed by atoms with van der Waals surface area (Å²) >= 11 is 0. The molecule has 0 saturated carbocycles. The fourth-order valence-corrected chi connectivity index (χ4v) is 2.32. The quantitative estimate of drug-likeness (QED) is 0.763. The number of fused-ring (bicyclic) bond motifs is 1. The molecule has 2 aromatic rings. The van der Waals surface area contributed by atoms with Gasteiger partial charge in [0.1, 0.15) is 12.3 Å². The molecule has 1 aliphatic rings. The third-order valence-electron chi connectivity index (χ3n) is 3.62. The van der Waals surface area contributed by atoms with Crippen molar-refractivity contribution in [3.05, 3.63) is 47.3 Å². The lowest BCUT2D eigenvalue weighted by Crippen LogP contribution is -2.29. The molecule has 2 heterocycles. The number of hydroxylamine groups is 2. The maximum absolute atomic E-state index is 12.1. The van der Waals surface area contributed by atoms with E-state index >= 15 is 0 Å². The van der Waals surface area contributed by atoms with Crippen LogP contribution in [-0.2, 0) is 18.0 Å². The van der Waals surface area contributed by atoms with Gasteiger partial charge in [0.15, 0.2) is 0 Å². The Balaban J connectivity index is 1.61. The van der Waals surface area contributed by atoms with Gasteiger partial charge >= 0.3 is 0 Å². The Morgan fingerprint density at radius 1 is 1.13 bits per heavy atom. The van der Waals surface area contributed by atoms with Crippen molar-refractivity contribution in [1.82, 2.24) is 20.1 Å². The van der Waals surface area contributed by atoms with Crippen LogP contribution in [0, 0.1) is 5.92 Å². The zero-order valence-electron chi connectivity index (χ0n) is 13.1. The van der Waals surface area contributed by atoms with E-state index in [-0.39, 0.29) is 6.61 Å². The monoisotopic (exact) mass is 314 g/mol. The Morgan fingerprint density at radius 3 is 2.39 bits per heavy atom. The highest BCUT2D eigenvalue weighted by Crippen LogP contribution is 2.23. The van der Waals surface area contributed by atoms with Crippen LogP contribution in [0.2, 0.25) is 0 Å². The number of rotatable bonds is 6. The summed E-state index contributed by atoms with van der Waals surface area (Å²) in [4.78, 5) is 29.7.